The van der Waals surface area contributed by atoms with Gasteiger partial charge in [0.25, 0.3) is 0 Å². The van der Waals surface area contributed by atoms with E-state index in [9.17, 15) is 0 Å². The van der Waals surface area contributed by atoms with Crippen LogP contribution in [0.2, 0.25) is 0 Å². The lowest BCUT2D eigenvalue weighted by molar-refractivity contribution is -0.104. The maximum Gasteiger partial charge on any atom is 0.0125 e. The molecule has 2 atom stereocenters. The van der Waals surface area contributed by atoms with E-state index in [1.807, 2.05) is 0 Å². The van der Waals surface area contributed by atoms with Gasteiger partial charge in [0.05, 0.1) is 0 Å². The molecule has 2 bridgehead atoms. The third-order valence-corrected chi connectivity index (χ3v) is 18.7. The molecule has 5 aliphatic carbocycles. The van der Waals surface area contributed by atoms with Gasteiger partial charge in [-0.15, -0.1) is 0 Å². The molecule has 4 spiro atoms. The van der Waals surface area contributed by atoms with E-state index in [0.717, 1.165) is 33.5 Å². The topological polar surface area (TPSA) is 16.2 Å². The van der Waals surface area contributed by atoms with Crippen molar-refractivity contribution in [2.24, 2.45) is 33.5 Å². The molecule has 364 valence electrons. The maximum absolute atomic E-state index is 2.68. The maximum atomic E-state index is 2.68. The van der Waals surface area contributed by atoms with Gasteiger partial charge in [0.15, 0.2) is 0 Å². The Morgan fingerprint density at radius 3 is 0.839 bits per heavy atom. The zero-order valence-electron chi connectivity index (χ0n) is 44.1. The first-order chi connectivity index (χ1) is 28.1. The average Bonchev–Trinajstić information content (AvgIpc) is 3.70. The highest BCUT2D eigenvalue weighted by molar-refractivity contribution is 5.04. The van der Waals surface area contributed by atoms with Gasteiger partial charge in [-0.05, 0) is 234 Å². The molecule has 62 heavy (non-hydrogen) atoms. The average molecular weight is 867 g/mol. The first-order valence-electron chi connectivity index (χ1n) is 26.9. The second-order valence-electron chi connectivity index (χ2n) is 28.8. The largest absolute Gasteiger partial charge is 0.298 e. The van der Waals surface area contributed by atoms with Gasteiger partial charge < -0.3 is 0 Å². The van der Waals surface area contributed by atoms with Crippen LogP contribution in [-0.2, 0) is 0 Å². The van der Waals surface area contributed by atoms with Crippen molar-refractivity contribution in [1.29, 1.82) is 0 Å². The Labute approximate surface area is 389 Å². The molecule has 5 saturated heterocycles. The first kappa shape index (κ1) is 52.8. The van der Waals surface area contributed by atoms with Gasteiger partial charge in [-0.3, -0.25) is 24.5 Å². The van der Waals surface area contributed by atoms with Gasteiger partial charge in [0.1, 0.15) is 0 Å². The van der Waals surface area contributed by atoms with E-state index in [1.165, 1.54) is 194 Å². The number of rotatable bonds is 0. The molecule has 5 saturated carbocycles. The molecular formula is C57H111N5. The highest BCUT2D eigenvalue weighted by Gasteiger charge is 2.51. The molecule has 5 heteroatoms. The molecule has 0 aromatic heterocycles. The van der Waals surface area contributed by atoms with Crippen molar-refractivity contribution in [3.8, 4) is 0 Å². The van der Waals surface area contributed by atoms with E-state index in [1.54, 1.807) is 0 Å². The van der Waals surface area contributed by atoms with Gasteiger partial charge in [-0.1, -0.05) is 52.4 Å². The molecule has 5 aliphatic heterocycles. The zero-order chi connectivity index (χ0) is 44.8. The smallest absolute Gasteiger partial charge is 0.0125 e. The summed E-state index contributed by atoms with van der Waals surface area (Å²) in [4.78, 5) is 13.2. The molecular weight excluding hydrogens is 755 g/mol. The number of likely N-dealkylation sites (tertiary alicyclic amines) is 5. The second-order valence-corrected chi connectivity index (χ2v) is 28.8. The molecule has 10 aliphatic rings. The summed E-state index contributed by atoms with van der Waals surface area (Å²) in [6.07, 6.45) is 29.9. The Balaban J connectivity index is 0.000000146. The minimum absolute atomic E-state index is 0. The number of hydrogen-bond acceptors (Lipinski definition) is 5. The summed E-state index contributed by atoms with van der Waals surface area (Å²) >= 11 is 0. The summed E-state index contributed by atoms with van der Waals surface area (Å²) in [5.74, 6) is 2.06. The third kappa shape index (κ3) is 13.5. The molecule has 0 aromatic rings. The summed E-state index contributed by atoms with van der Waals surface area (Å²) in [5, 5.41) is 0. The van der Waals surface area contributed by atoms with Crippen LogP contribution in [0.3, 0.4) is 0 Å². The zero-order valence-corrected chi connectivity index (χ0v) is 44.1. The predicted molar refractivity (Wildman–Crippen MR) is 272 cm³/mol. The molecule has 0 radical (unpaired) electrons. The SMILES string of the molecule is C.CC(C)(C)N1CC2(CCC2)C1.CC(C)(C)N1CC2(CCCC2)C1.CC(C)(C)N1CC2(CCCCC2)C1.CC(C)(C)N1CC2CCC(C2)C1.CC(C)(C)N1CCC2(CCC2)CC1. The van der Waals surface area contributed by atoms with Crippen molar-refractivity contribution in [3.05, 3.63) is 0 Å². The van der Waals surface area contributed by atoms with Crippen LogP contribution >= 0.6 is 0 Å². The van der Waals surface area contributed by atoms with Crippen molar-refractivity contribution in [2.75, 3.05) is 65.4 Å². The standard InChI is InChI=1S/2C12H23N.2C11H21N.C10H19N.CH4/c1-11(2,3)13-9-7-12(8-10-13)5-4-6-12;1-11(2,3)13-9-12(10-13)7-5-4-6-8-12;1-11(2,3)12-7-9-4-5-10(6-9)8-12;1-10(2,3)12-8-11(9-12)6-4-5-7-11;1-9(2,3)11-7-10(8-11)5-4-6-10;/h2*4-10H2,1-3H3;9-10H,4-8H2,1-3H3;4-9H2,1-3H3;4-8H2,1-3H3;1H4. The lowest BCUT2D eigenvalue weighted by atomic mass is 9.62. The molecule has 5 heterocycles. The van der Waals surface area contributed by atoms with E-state index in [2.05, 4.69) is 128 Å². The summed E-state index contributed by atoms with van der Waals surface area (Å²) in [6, 6.07) is 0. The fourth-order valence-corrected chi connectivity index (χ4v) is 13.4. The lowest BCUT2D eigenvalue weighted by Crippen LogP contribution is -2.64. The van der Waals surface area contributed by atoms with Crippen LogP contribution in [0.15, 0.2) is 0 Å². The molecule has 5 nitrogen and oxygen atoms in total. The van der Waals surface area contributed by atoms with E-state index >= 15 is 0 Å². The van der Waals surface area contributed by atoms with Gasteiger partial charge in [-0.25, -0.2) is 0 Å². The molecule has 10 fully saturated rings. The Bertz CT molecular complexity index is 1310. The lowest BCUT2D eigenvalue weighted by Gasteiger charge is -2.60. The second kappa shape index (κ2) is 19.8. The fraction of sp³-hybridized carbons (Fsp3) is 1.00. The number of hydrogen-bond donors (Lipinski definition) is 0. The summed E-state index contributed by atoms with van der Waals surface area (Å²) < 4.78 is 0. The molecule has 0 N–H and O–H groups in total. The molecule has 2 unspecified atom stereocenters. The minimum atomic E-state index is 0. The Hall–Kier alpha value is -0.200. The van der Waals surface area contributed by atoms with Crippen molar-refractivity contribution < 1.29 is 0 Å². The third-order valence-electron chi connectivity index (χ3n) is 18.7. The van der Waals surface area contributed by atoms with Gasteiger partial charge in [-0.2, -0.15) is 0 Å². The van der Waals surface area contributed by atoms with E-state index in [-0.39, 0.29) is 7.43 Å². The molecule has 0 aromatic carbocycles. The number of nitrogens with zero attached hydrogens (tertiary/aromatic N) is 5. The first-order valence-corrected chi connectivity index (χ1v) is 26.9. The Morgan fingerprint density at radius 2 is 0.581 bits per heavy atom. The van der Waals surface area contributed by atoms with E-state index < -0.39 is 0 Å². The Morgan fingerprint density at radius 1 is 0.306 bits per heavy atom. The van der Waals surface area contributed by atoms with Crippen LogP contribution in [0.5, 0.6) is 0 Å². The van der Waals surface area contributed by atoms with Crippen LogP contribution in [0, 0.1) is 33.5 Å². The highest BCUT2D eigenvalue weighted by atomic mass is 15.3. The minimum Gasteiger partial charge on any atom is -0.298 e. The van der Waals surface area contributed by atoms with Gasteiger partial charge >= 0.3 is 0 Å². The van der Waals surface area contributed by atoms with Crippen molar-refractivity contribution >= 4 is 0 Å². The summed E-state index contributed by atoms with van der Waals surface area (Å²) in [7, 11) is 0. The molecule has 10 rings (SSSR count). The van der Waals surface area contributed by atoms with Crippen molar-refractivity contribution in [3.63, 3.8) is 0 Å². The van der Waals surface area contributed by atoms with E-state index in [4.69, 9.17) is 0 Å². The van der Waals surface area contributed by atoms with Gasteiger partial charge in [0, 0.05) is 80.1 Å². The van der Waals surface area contributed by atoms with Crippen LogP contribution < -0.4 is 0 Å². The van der Waals surface area contributed by atoms with Gasteiger partial charge in [0.2, 0.25) is 0 Å². The van der Waals surface area contributed by atoms with Crippen LogP contribution in [-0.4, -0.2) is 118 Å². The monoisotopic (exact) mass is 866 g/mol. The summed E-state index contributed by atoms with van der Waals surface area (Å²) in [5.41, 5.74) is 5.16. The quantitative estimate of drug-likeness (QED) is 0.240. The number of fused-ring (bicyclic) bond motifs is 2. The highest BCUT2D eigenvalue weighted by Crippen LogP contribution is 2.51. The van der Waals surface area contributed by atoms with Crippen LogP contribution in [0.1, 0.15) is 240 Å². The van der Waals surface area contributed by atoms with E-state index in [0.29, 0.717) is 27.7 Å². The van der Waals surface area contributed by atoms with Crippen molar-refractivity contribution in [1.82, 2.24) is 24.5 Å². The fourth-order valence-electron chi connectivity index (χ4n) is 13.4. The normalized spacial score (nSPS) is 30.2. The number of piperidine rings is 2. The van der Waals surface area contributed by atoms with Crippen molar-refractivity contribution in [2.45, 2.75) is 267 Å². The Kier molecular flexibility index (Phi) is 16.8. The van der Waals surface area contributed by atoms with Crippen LogP contribution in [0.4, 0.5) is 0 Å². The molecule has 0 amide bonds. The summed E-state index contributed by atoms with van der Waals surface area (Å²) in [6.45, 7) is 48.6. The predicted octanol–water partition coefficient (Wildman–Crippen LogP) is 14.2. The van der Waals surface area contributed by atoms with Crippen LogP contribution in [0.25, 0.3) is 0 Å².